The summed E-state index contributed by atoms with van der Waals surface area (Å²) in [6, 6.07) is 8.75. The van der Waals surface area contributed by atoms with E-state index in [1.807, 2.05) is 24.3 Å². The van der Waals surface area contributed by atoms with E-state index in [1.165, 1.54) is 6.20 Å². The van der Waals surface area contributed by atoms with E-state index in [4.69, 9.17) is 5.73 Å². The molecule has 0 aliphatic heterocycles. The van der Waals surface area contributed by atoms with Gasteiger partial charge in [-0.2, -0.15) is 0 Å². The molecule has 0 fully saturated rings. The highest BCUT2D eigenvalue weighted by molar-refractivity contribution is 5.85. The smallest absolute Gasteiger partial charge is 0.146 e. The van der Waals surface area contributed by atoms with Gasteiger partial charge in [-0.25, -0.2) is 4.39 Å². The lowest BCUT2D eigenvalue weighted by atomic mass is 9.95. The lowest BCUT2D eigenvalue weighted by molar-refractivity contribution is 0.594. The van der Waals surface area contributed by atoms with Crippen molar-refractivity contribution >= 4 is 10.8 Å². The fourth-order valence-electron chi connectivity index (χ4n) is 2.22. The van der Waals surface area contributed by atoms with Gasteiger partial charge >= 0.3 is 0 Å². The number of nitrogens with zero attached hydrogens (tertiary/aromatic N) is 2. The van der Waals surface area contributed by atoms with Crippen molar-refractivity contribution in [1.29, 1.82) is 0 Å². The van der Waals surface area contributed by atoms with Crippen molar-refractivity contribution in [3.8, 4) is 0 Å². The zero-order valence-corrected chi connectivity index (χ0v) is 10.1. The maximum atomic E-state index is 13.8. The normalized spacial score (nSPS) is 12.5. The average molecular weight is 253 g/mol. The average Bonchev–Trinajstić information content (AvgIpc) is 2.46. The first kappa shape index (κ1) is 11.7. The molecule has 0 bridgehead atoms. The summed E-state index contributed by atoms with van der Waals surface area (Å²) >= 11 is 0. The van der Waals surface area contributed by atoms with Crippen LogP contribution >= 0.6 is 0 Å². The molecule has 4 heteroatoms. The molecular formula is C15H12FN3. The lowest BCUT2D eigenvalue weighted by Crippen LogP contribution is -2.14. The highest BCUT2D eigenvalue weighted by atomic mass is 19.1. The maximum absolute atomic E-state index is 13.8. The number of pyridine rings is 2. The zero-order valence-electron chi connectivity index (χ0n) is 10.1. The van der Waals surface area contributed by atoms with Gasteiger partial charge in [-0.15, -0.1) is 0 Å². The van der Waals surface area contributed by atoms with E-state index in [9.17, 15) is 4.39 Å². The Labute approximate surface area is 109 Å². The fraction of sp³-hybridized carbons (Fsp3) is 0.0667. The molecule has 94 valence electrons. The number of benzene rings is 1. The molecule has 0 amide bonds. The molecule has 2 N–H and O–H groups in total. The third-order valence-corrected chi connectivity index (χ3v) is 3.19. The SMILES string of the molecule is NC(c1ccncc1F)c1cccc2cnccc12. The Hall–Kier alpha value is -2.33. The van der Waals surface area contributed by atoms with Crippen LogP contribution in [0.1, 0.15) is 17.2 Å². The maximum Gasteiger partial charge on any atom is 0.146 e. The van der Waals surface area contributed by atoms with Gasteiger partial charge in [-0.1, -0.05) is 18.2 Å². The van der Waals surface area contributed by atoms with Crippen LogP contribution in [0.25, 0.3) is 10.8 Å². The van der Waals surface area contributed by atoms with Crippen LogP contribution in [0.15, 0.2) is 55.1 Å². The van der Waals surface area contributed by atoms with Gasteiger partial charge in [-0.05, 0) is 23.1 Å². The molecule has 0 aliphatic rings. The molecule has 1 aromatic carbocycles. The zero-order chi connectivity index (χ0) is 13.2. The number of halogens is 1. The van der Waals surface area contributed by atoms with E-state index in [0.717, 1.165) is 16.3 Å². The van der Waals surface area contributed by atoms with Gasteiger partial charge in [0.05, 0.1) is 12.2 Å². The first-order valence-electron chi connectivity index (χ1n) is 5.95. The summed E-state index contributed by atoms with van der Waals surface area (Å²) in [4.78, 5) is 7.82. The van der Waals surface area contributed by atoms with E-state index < -0.39 is 6.04 Å². The van der Waals surface area contributed by atoms with Gasteiger partial charge in [0.15, 0.2) is 0 Å². The van der Waals surface area contributed by atoms with Crippen molar-refractivity contribution in [3.05, 3.63) is 72.1 Å². The number of fused-ring (bicyclic) bond motifs is 1. The highest BCUT2D eigenvalue weighted by Gasteiger charge is 2.15. The van der Waals surface area contributed by atoms with E-state index in [0.29, 0.717) is 5.56 Å². The molecule has 2 aromatic heterocycles. The Bertz CT molecular complexity index is 722. The monoisotopic (exact) mass is 253 g/mol. The molecule has 0 saturated heterocycles. The summed E-state index contributed by atoms with van der Waals surface area (Å²) < 4.78 is 13.8. The van der Waals surface area contributed by atoms with Crippen LogP contribution in [0.4, 0.5) is 4.39 Å². The van der Waals surface area contributed by atoms with Crippen LogP contribution in [-0.2, 0) is 0 Å². The van der Waals surface area contributed by atoms with E-state index in [2.05, 4.69) is 9.97 Å². The standard InChI is InChI=1S/C15H12FN3/c16-14-9-19-7-5-13(14)15(17)12-3-1-2-10-8-18-6-4-11(10)12/h1-9,15H,17H2. The quantitative estimate of drug-likeness (QED) is 0.764. The lowest BCUT2D eigenvalue weighted by Gasteiger charge is -2.15. The Morgan fingerprint density at radius 3 is 2.58 bits per heavy atom. The molecule has 0 saturated carbocycles. The van der Waals surface area contributed by atoms with Gasteiger partial charge in [0.25, 0.3) is 0 Å². The number of aromatic nitrogens is 2. The van der Waals surface area contributed by atoms with Crippen LogP contribution in [0.2, 0.25) is 0 Å². The Kier molecular flexibility index (Phi) is 2.93. The molecular weight excluding hydrogens is 241 g/mol. The van der Waals surface area contributed by atoms with Gasteiger partial charge in [0.2, 0.25) is 0 Å². The third kappa shape index (κ3) is 2.06. The molecule has 1 atom stereocenters. The van der Waals surface area contributed by atoms with Crippen LogP contribution < -0.4 is 5.73 Å². The second-order valence-electron chi connectivity index (χ2n) is 4.32. The predicted octanol–water partition coefficient (Wildman–Crippen LogP) is 2.82. The van der Waals surface area contributed by atoms with Crippen LogP contribution in [0, 0.1) is 5.82 Å². The first-order chi connectivity index (χ1) is 9.27. The summed E-state index contributed by atoms with van der Waals surface area (Å²) in [6.07, 6.45) is 6.21. The van der Waals surface area contributed by atoms with Crippen molar-refractivity contribution in [1.82, 2.24) is 9.97 Å². The number of nitrogens with two attached hydrogens (primary N) is 1. The fourth-order valence-corrected chi connectivity index (χ4v) is 2.22. The van der Waals surface area contributed by atoms with Crippen molar-refractivity contribution in [2.24, 2.45) is 5.73 Å². The molecule has 3 nitrogen and oxygen atoms in total. The molecule has 0 radical (unpaired) electrons. The highest BCUT2D eigenvalue weighted by Crippen LogP contribution is 2.27. The minimum Gasteiger partial charge on any atom is -0.320 e. The first-order valence-corrected chi connectivity index (χ1v) is 5.95. The molecule has 2 heterocycles. The number of rotatable bonds is 2. The summed E-state index contributed by atoms with van der Waals surface area (Å²) in [5.74, 6) is -0.388. The Balaban J connectivity index is 2.17. The molecule has 3 aromatic rings. The molecule has 0 aliphatic carbocycles. The number of hydrogen-bond acceptors (Lipinski definition) is 3. The summed E-state index contributed by atoms with van der Waals surface area (Å²) in [5, 5.41) is 1.98. The van der Waals surface area contributed by atoms with Crippen LogP contribution in [-0.4, -0.2) is 9.97 Å². The van der Waals surface area contributed by atoms with Crippen molar-refractivity contribution in [2.45, 2.75) is 6.04 Å². The minimum absolute atomic E-state index is 0.388. The summed E-state index contributed by atoms with van der Waals surface area (Å²) in [5.41, 5.74) is 7.52. The number of hydrogen-bond donors (Lipinski definition) is 1. The van der Waals surface area contributed by atoms with Gasteiger partial charge < -0.3 is 5.73 Å². The van der Waals surface area contributed by atoms with E-state index in [1.54, 1.807) is 24.7 Å². The van der Waals surface area contributed by atoms with Gasteiger partial charge in [0, 0.05) is 29.5 Å². The topological polar surface area (TPSA) is 51.8 Å². The van der Waals surface area contributed by atoms with Crippen LogP contribution in [0.3, 0.4) is 0 Å². The van der Waals surface area contributed by atoms with Crippen molar-refractivity contribution in [2.75, 3.05) is 0 Å². The van der Waals surface area contributed by atoms with E-state index in [-0.39, 0.29) is 5.82 Å². The van der Waals surface area contributed by atoms with Crippen molar-refractivity contribution < 1.29 is 4.39 Å². The van der Waals surface area contributed by atoms with Gasteiger partial charge in [-0.3, -0.25) is 9.97 Å². The van der Waals surface area contributed by atoms with Crippen LogP contribution in [0.5, 0.6) is 0 Å². The second-order valence-corrected chi connectivity index (χ2v) is 4.32. The molecule has 3 rings (SSSR count). The summed E-state index contributed by atoms with van der Waals surface area (Å²) in [7, 11) is 0. The van der Waals surface area contributed by atoms with E-state index >= 15 is 0 Å². The predicted molar refractivity (Wildman–Crippen MR) is 72.0 cm³/mol. The third-order valence-electron chi connectivity index (χ3n) is 3.19. The van der Waals surface area contributed by atoms with Crippen molar-refractivity contribution in [3.63, 3.8) is 0 Å². The molecule has 19 heavy (non-hydrogen) atoms. The molecule has 1 unspecified atom stereocenters. The Morgan fingerprint density at radius 1 is 0.947 bits per heavy atom. The second kappa shape index (κ2) is 4.74. The largest absolute Gasteiger partial charge is 0.320 e. The Morgan fingerprint density at radius 2 is 1.74 bits per heavy atom. The van der Waals surface area contributed by atoms with Gasteiger partial charge in [0.1, 0.15) is 5.82 Å². The summed E-state index contributed by atoms with van der Waals surface area (Å²) in [6.45, 7) is 0. The minimum atomic E-state index is -0.519. The molecule has 0 spiro atoms.